The van der Waals surface area contributed by atoms with Gasteiger partial charge in [0.1, 0.15) is 0 Å². The van der Waals surface area contributed by atoms with Crippen LogP contribution in [0.4, 0.5) is 11.4 Å². The van der Waals surface area contributed by atoms with Gasteiger partial charge in [0.25, 0.3) is 0 Å². The van der Waals surface area contributed by atoms with Gasteiger partial charge < -0.3 is 21.1 Å². The zero-order valence-corrected chi connectivity index (χ0v) is 12.2. The van der Waals surface area contributed by atoms with E-state index in [1.165, 1.54) is 7.11 Å². The number of nitrogens with zero attached hydrogens (tertiary/aromatic N) is 1. The lowest BCUT2D eigenvalue weighted by Crippen LogP contribution is -2.40. The van der Waals surface area contributed by atoms with Crippen molar-refractivity contribution < 1.29 is 14.3 Å². The lowest BCUT2D eigenvalue weighted by Gasteiger charge is -2.30. The Bertz CT molecular complexity index is 539. The minimum Gasteiger partial charge on any atom is -0.465 e. The van der Waals surface area contributed by atoms with Crippen molar-refractivity contribution in [1.82, 2.24) is 0 Å². The van der Waals surface area contributed by atoms with E-state index in [-0.39, 0.29) is 12.6 Å². The molecule has 6 heteroatoms. The molecule has 0 heterocycles. The maximum atomic E-state index is 11.7. The first-order chi connectivity index (χ1) is 10.0. The van der Waals surface area contributed by atoms with Gasteiger partial charge in [-0.2, -0.15) is 0 Å². The zero-order valence-electron chi connectivity index (χ0n) is 12.2. The molecule has 21 heavy (non-hydrogen) atoms. The number of ether oxygens (including phenoxy) is 1. The largest absolute Gasteiger partial charge is 0.465 e. The number of carbonyl (C=O) groups is 2. The van der Waals surface area contributed by atoms with Crippen molar-refractivity contribution in [2.45, 2.75) is 31.7 Å². The Morgan fingerprint density at radius 1 is 1.33 bits per heavy atom. The number of hydrogen-bond acceptors (Lipinski definition) is 5. The molecule has 1 fully saturated rings. The summed E-state index contributed by atoms with van der Waals surface area (Å²) in [6.07, 6.45) is 4.31. The van der Waals surface area contributed by atoms with E-state index in [4.69, 9.17) is 16.2 Å². The number of rotatable bonds is 5. The predicted octanol–water partition coefficient (Wildman–Crippen LogP) is 1.29. The van der Waals surface area contributed by atoms with Gasteiger partial charge >= 0.3 is 5.97 Å². The Hall–Kier alpha value is -2.24. The number of esters is 1. The van der Waals surface area contributed by atoms with E-state index in [0.717, 1.165) is 31.4 Å². The average molecular weight is 291 g/mol. The van der Waals surface area contributed by atoms with E-state index in [9.17, 15) is 9.59 Å². The van der Waals surface area contributed by atoms with Crippen LogP contribution in [0.2, 0.25) is 0 Å². The Kier molecular flexibility index (Phi) is 4.67. The third kappa shape index (κ3) is 3.45. The number of nitrogen functional groups attached to an aromatic ring is 1. The highest BCUT2D eigenvalue weighted by Gasteiger charge is 2.25. The smallest absolute Gasteiger partial charge is 0.340 e. The average Bonchev–Trinajstić information content (AvgIpc) is 2.98. The molecule has 0 bridgehead atoms. The summed E-state index contributed by atoms with van der Waals surface area (Å²) in [7, 11) is 1.31. The number of nitrogens with two attached hydrogens (primary N) is 2. The van der Waals surface area contributed by atoms with Crippen LogP contribution in [0.1, 0.15) is 36.0 Å². The SMILES string of the molecule is COC(=O)c1cc(N(CC(N)=O)C2CCCC2)ccc1N. The normalized spacial score (nSPS) is 14.9. The maximum Gasteiger partial charge on any atom is 0.340 e. The third-order valence-corrected chi connectivity index (χ3v) is 3.87. The molecule has 0 radical (unpaired) electrons. The monoisotopic (exact) mass is 291 g/mol. The van der Waals surface area contributed by atoms with Crippen LogP contribution in [0.3, 0.4) is 0 Å². The van der Waals surface area contributed by atoms with Gasteiger partial charge in [0.05, 0.1) is 19.2 Å². The van der Waals surface area contributed by atoms with E-state index in [2.05, 4.69) is 0 Å². The summed E-state index contributed by atoms with van der Waals surface area (Å²) in [5.74, 6) is -0.877. The standard InChI is InChI=1S/C15H21N3O3/c1-21-15(20)12-8-11(6-7-13(12)16)18(9-14(17)19)10-4-2-3-5-10/h6-8,10H,2-5,9,16H2,1H3,(H2,17,19). The lowest BCUT2D eigenvalue weighted by molar-refractivity contribution is -0.116. The molecular weight excluding hydrogens is 270 g/mol. The van der Waals surface area contributed by atoms with Crippen molar-refractivity contribution >= 4 is 23.3 Å². The van der Waals surface area contributed by atoms with Gasteiger partial charge in [-0.3, -0.25) is 4.79 Å². The fourth-order valence-electron chi connectivity index (χ4n) is 2.82. The van der Waals surface area contributed by atoms with Crippen LogP contribution in [-0.2, 0) is 9.53 Å². The number of amides is 1. The predicted molar refractivity (Wildman–Crippen MR) is 81.0 cm³/mol. The van der Waals surface area contributed by atoms with Crippen LogP contribution in [0.15, 0.2) is 18.2 Å². The molecule has 0 spiro atoms. The lowest BCUT2D eigenvalue weighted by atomic mass is 10.1. The fraction of sp³-hybridized carbons (Fsp3) is 0.467. The van der Waals surface area contributed by atoms with E-state index >= 15 is 0 Å². The van der Waals surface area contributed by atoms with Gasteiger partial charge in [-0.1, -0.05) is 12.8 Å². The summed E-state index contributed by atoms with van der Waals surface area (Å²) >= 11 is 0. The summed E-state index contributed by atoms with van der Waals surface area (Å²) in [4.78, 5) is 25.0. The molecule has 0 aromatic heterocycles. The summed E-state index contributed by atoms with van der Waals surface area (Å²) in [6.45, 7) is 0.134. The second-order valence-corrected chi connectivity index (χ2v) is 5.30. The zero-order chi connectivity index (χ0) is 15.4. The molecule has 1 saturated carbocycles. The number of carbonyl (C=O) groups excluding carboxylic acids is 2. The topological polar surface area (TPSA) is 98.6 Å². The summed E-state index contributed by atoms with van der Waals surface area (Å²) < 4.78 is 4.73. The molecule has 114 valence electrons. The molecular formula is C15H21N3O3. The number of primary amides is 1. The minimum absolute atomic E-state index is 0.134. The molecule has 1 aromatic rings. The first kappa shape index (κ1) is 15.2. The van der Waals surface area contributed by atoms with Crippen LogP contribution in [0.25, 0.3) is 0 Å². The molecule has 1 aliphatic rings. The van der Waals surface area contributed by atoms with Crippen LogP contribution in [0, 0.1) is 0 Å². The van der Waals surface area contributed by atoms with Crippen molar-refractivity contribution in [3.63, 3.8) is 0 Å². The first-order valence-corrected chi connectivity index (χ1v) is 7.05. The van der Waals surface area contributed by atoms with E-state index in [0.29, 0.717) is 11.3 Å². The van der Waals surface area contributed by atoms with Gasteiger partial charge in [-0.05, 0) is 31.0 Å². The highest BCUT2D eigenvalue weighted by atomic mass is 16.5. The van der Waals surface area contributed by atoms with E-state index in [1.54, 1.807) is 12.1 Å². The Balaban J connectivity index is 2.34. The van der Waals surface area contributed by atoms with E-state index < -0.39 is 11.9 Å². The number of hydrogen-bond donors (Lipinski definition) is 2. The molecule has 1 aromatic carbocycles. The quantitative estimate of drug-likeness (QED) is 0.629. The van der Waals surface area contributed by atoms with Gasteiger partial charge in [-0.15, -0.1) is 0 Å². The molecule has 1 aliphatic carbocycles. The third-order valence-electron chi connectivity index (χ3n) is 3.87. The van der Waals surface area contributed by atoms with Crippen LogP contribution < -0.4 is 16.4 Å². The Labute approximate surface area is 124 Å². The van der Waals surface area contributed by atoms with Gasteiger partial charge in [0, 0.05) is 17.4 Å². The van der Waals surface area contributed by atoms with Crippen molar-refractivity contribution in [2.75, 3.05) is 24.3 Å². The van der Waals surface area contributed by atoms with E-state index in [1.807, 2.05) is 11.0 Å². The molecule has 0 unspecified atom stereocenters. The van der Waals surface area contributed by atoms with Crippen molar-refractivity contribution in [3.8, 4) is 0 Å². The molecule has 1 amide bonds. The second-order valence-electron chi connectivity index (χ2n) is 5.30. The fourth-order valence-corrected chi connectivity index (χ4v) is 2.82. The highest BCUT2D eigenvalue weighted by molar-refractivity contribution is 5.96. The summed E-state index contributed by atoms with van der Waals surface area (Å²) in [6, 6.07) is 5.40. The molecule has 0 saturated heterocycles. The number of methoxy groups -OCH3 is 1. The molecule has 0 atom stereocenters. The molecule has 0 aliphatic heterocycles. The molecule has 2 rings (SSSR count). The first-order valence-electron chi connectivity index (χ1n) is 7.05. The van der Waals surface area contributed by atoms with Crippen LogP contribution in [0.5, 0.6) is 0 Å². The minimum atomic E-state index is -0.486. The number of benzene rings is 1. The van der Waals surface area contributed by atoms with Crippen molar-refractivity contribution in [1.29, 1.82) is 0 Å². The maximum absolute atomic E-state index is 11.7. The van der Waals surface area contributed by atoms with Gasteiger partial charge in [-0.25, -0.2) is 4.79 Å². The van der Waals surface area contributed by atoms with Crippen molar-refractivity contribution in [2.24, 2.45) is 5.73 Å². The molecule has 4 N–H and O–H groups in total. The van der Waals surface area contributed by atoms with Gasteiger partial charge in [0.15, 0.2) is 0 Å². The Morgan fingerprint density at radius 2 is 2.00 bits per heavy atom. The highest BCUT2D eigenvalue weighted by Crippen LogP contribution is 2.30. The number of anilines is 2. The second kappa shape index (κ2) is 6.47. The van der Waals surface area contributed by atoms with Gasteiger partial charge in [0.2, 0.25) is 5.91 Å². The summed E-state index contributed by atoms with van der Waals surface area (Å²) in [5, 5.41) is 0. The summed E-state index contributed by atoms with van der Waals surface area (Å²) in [5.41, 5.74) is 12.6. The molecule has 6 nitrogen and oxygen atoms in total. The van der Waals surface area contributed by atoms with Crippen molar-refractivity contribution in [3.05, 3.63) is 23.8 Å². The van der Waals surface area contributed by atoms with Crippen LogP contribution in [-0.4, -0.2) is 31.6 Å². The van der Waals surface area contributed by atoms with Crippen LogP contribution >= 0.6 is 0 Å². The Morgan fingerprint density at radius 3 is 2.57 bits per heavy atom.